The first-order valence-corrected chi connectivity index (χ1v) is 5.65. The maximum absolute atomic E-state index is 11.6. The second-order valence-electron chi connectivity index (χ2n) is 3.35. The van der Waals surface area contributed by atoms with Crippen LogP contribution in [0.4, 0.5) is 21.3 Å². The molecule has 0 saturated carbocycles. The molecule has 0 aliphatic rings. The van der Waals surface area contributed by atoms with E-state index in [0.717, 1.165) is 11.5 Å². The van der Waals surface area contributed by atoms with Crippen LogP contribution in [0.3, 0.4) is 0 Å². The van der Waals surface area contributed by atoms with Gasteiger partial charge in [0.25, 0.3) is 0 Å². The van der Waals surface area contributed by atoms with Crippen LogP contribution in [-0.2, 0) is 0 Å². The van der Waals surface area contributed by atoms with Crippen LogP contribution in [0, 0.1) is 6.92 Å². The van der Waals surface area contributed by atoms with Crippen LogP contribution in [0.1, 0.15) is 5.82 Å². The Bertz CT molecular complexity index is 539. The van der Waals surface area contributed by atoms with Gasteiger partial charge >= 0.3 is 6.03 Å². The first kappa shape index (κ1) is 11.3. The van der Waals surface area contributed by atoms with E-state index in [1.807, 2.05) is 0 Å². The molecule has 0 atom stereocenters. The summed E-state index contributed by atoms with van der Waals surface area (Å²) in [5.41, 5.74) is 6.82. The molecule has 0 spiro atoms. The van der Waals surface area contributed by atoms with Crippen molar-refractivity contribution in [3.05, 3.63) is 30.1 Å². The van der Waals surface area contributed by atoms with Crippen molar-refractivity contribution in [1.82, 2.24) is 9.36 Å². The van der Waals surface area contributed by atoms with E-state index in [1.165, 1.54) is 0 Å². The Morgan fingerprint density at radius 1 is 1.41 bits per heavy atom. The lowest BCUT2D eigenvalue weighted by atomic mass is 10.3. The van der Waals surface area contributed by atoms with Gasteiger partial charge < -0.3 is 11.1 Å². The van der Waals surface area contributed by atoms with E-state index in [9.17, 15) is 4.79 Å². The quantitative estimate of drug-likeness (QED) is 0.710. The number of hydrogen-bond donors (Lipinski definition) is 3. The first-order chi connectivity index (χ1) is 8.13. The van der Waals surface area contributed by atoms with Gasteiger partial charge in [-0.15, -0.1) is 0 Å². The van der Waals surface area contributed by atoms with Crippen molar-refractivity contribution in [2.24, 2.45) is 0 Å². The van der Waals surface area contributed by atoms with Gasteiger partial charge in [-0.1, -0.05) is 6.07 Å². The van der Waals surface area contributed by atoms with Gasteiger partial charge in [0, 0.05) is 22.9 Å². The SMILES string of the molecule is Cc1nsc(NC(=O)Nc2cccc(N)c2)n1. The molecular weight excluding hydrogens is 238 g/mol. The van der Waals surface area contributed by atoms with Crippen molar-refractivity contribution in [1.29, 1.82) is 0 Å². The number of carbonyl (C=O) groups is 1. The molecule has 0 bridgehead atoms. The molecular formula is C10H11N5OS. The summed E-state index contributed by atoms with van der Waals surface area (Å²) in [6.45, 7) is 1.76. The van der Waals surface area contributed by atoms with E-state index in [-0.39, 0.29) is 6.03 Å². The number of aryl methyl sites for hydroxylation is 1. The molecule has 6 nitrogen and oxygen atoms in total. The molecule has 0 saturated heterocycles. The zero-order valence-corrected chi connectivity index (χ0v) is 9.91. The fourth-order valence-corrected chi connectivity index (χ4v) is 1.79. The maximum Gasteiger partial charge on any atom is 0.325 e. The summed E-state index contributed by atoms with van der Waals surface area (Å²) in [7, 11) is 0. The molecule has 7 heteroatoms. The van der Waals surface area contributed by atoms with E-state index >= 15 is 0 Å². The minimum absolute atomic E-state index is 0.369. The molecule has 1 aromatic heterocycles. The third kappa shape index (κ3) is 3.15. The van der Waals surface area contributed by atoms with E-state index < -0.39 is 0 Å². The molecule has 1 heterocycles. The van der Waals surface area contributed by atoms with Crippen LogP contribution in [0.25, 0.3) is 0 Å². The lowest BCUT2D eigenvalue weighted by Gasteiger charge is -2.05. The molecule has 2 amide bonds. The Hall–Kier alpha value is -2.15. The molecule has 0 radical (unpaired) electrons. The van der Waals surface area contributed by atoms with Gasteiger partial charge in [0.05, 0.1) is 0 Å². The highest BCUT2D eigenvalue weighted by Crippen LogP contribution is 2.13. The lowest BCUT2D eigenvalue weighted by Crippen LogP contribution is -2.19. The average Bonchev–Trinajstić information content (AvgIpc) is 2.63. The van der Waals surface area contributed by atoms with Gasteiger partial charge in [-0.05, 0) is 25.1 Å². The van der Waals surface area contributed by atoms with Crippen LogP contribution in [0.15, 0.2) is 24.3 Å². The predicted molar refractivity (Wildman–Crippen MR) is 68.1 cm³/mol. The first-order valence-electron chi connectivity index (χ1n) is 4.87. The summed E-state index contributed by atoms with van der Waals surface area (Å²) in [4.78, 5) is 15.6. The smallest absolute Gasteiger partial charge is 0.325 e. The standard InChI is InChI=1S/C10H11N5OS/c1-6-12-10(17-15-6)14-9(16)13-8-4-2-3-7(11)5-8/h2-5H,11H2,1H3,(H2,12,13,14,15,16). The summed E-state index contributed by atoms with van der Waals surface area (Å²) < 4.78 is 3.96. The van der Waals surface area contributed by atoms with Crippen molar-refractivity contribution < 1.29 is 4.79 Å². The number of rotatable bonds is 2. The Balaban J connectivity index is 1.98. The number of nitrogens with two attached hydrogens (primary N) is 1. The van der Waals surface area contributed by atoms with Crippen LogP contribution in [-0.4, -0.2) is 15.4 Å². The average molecular weight is 249 g/mol. The zero-order chi connectivity index (χ0) is 12.3. The third-order valence-electron chi connectivity index (χ3n) is 1.89. The minimum Gasteiger partial charge on any atom is -0.399 e. The van der Waals surface area contributed by atoms with Crippen LogP contribution in [0.5, 0.6) is 0 Å². The highest BCUT2D eigenvalue weighted by molar-refractivity contribution is 7.09. The number of hydrogen-bond acceptors (Lipinski definition) is 5. The maximum atomic E-state index is 11.6. The number of carbonyl (C=O) groups excluding carboxylic acids is 1. The molecule has 2 rings (SSSR count). The van der Waals surface area contributed by atoms with Crippen molar-refractivity contribution in [3.63, 3.8) is 0 Å². The summed E-state index contributed by atoms with van der Waals surface area (Å²) in [5.74, 6) is 0.634. The van der Waals surface area contributed by atoms with E-state index in [4.69, 9.17) is 5.73 Å². The van der Waals surface area contributed by atoms with Crippen LogP contribution < -0.4 is 16.4 Å². The molecule has 0 aliphatic carbocycles. The molecule has 2 aromatic rings. The molecule has 0 aliphatic heterocycles. The number of nitrogens with one attached hydrogen (secondary N) is 2. The van der Waals surface area contributed by atoms with Crippen molar-refractivity contribution >= 4 is 34.1 Å². The Morgan fingerprint density at radius 2 is 2.24 bits per heavy atom. The largest absolute Gasteiger partial charge is 0.399 e. The molecule has 17 heavy (non-hydrogen) atoms. The monoisotopic (exact) mass is 249 g/mol. The number of nitrogen functional groups attached to an aromatic ring is 1. The lowest BCUT2D eigenvalue weighted by molar-refractivity contribution is 0.262. The number of aromatic nitrogens is 2. The number of benzene rings is 1. The van der Waals surface area contributed by atoms with Crippen molar-refractivity contribution in [3.8, 4) is 0 Å². The summed E-state index contributed by atoms with van der Waals surface area (Å²) >= 11 is 1.13. The third-order valence-corrected chi connectivity index (χ3v) is 2.61. The molecule has 88 valence electrons. The predicted octanol–water partition coefficient (Wildman–Crippen LogP) is 2.07. The summed E-state index contributed by atoms with van der Waals surface area (Å²) in [6.07, 6.45) is 0. The van der Waals surface area contributed by atoms with Crippen LogP contribution in [0.2, 0.25) is 0 Å². The van der Waals surface area contributed by atoms with Gasteiger partial charge in [0.15, 0.2) is 0 Å². The molecule has 0 fully saturated rings. The Kier molecular flexibility index (Phi) is 3.20. The van der Waals surface area contributed by atoms with E-state index in [2.05, 4.69) is 20.0 Å². The van der Waals surface area contributed by atoms with Gasteiger partial charge in [-0.25, -0.2) is 9.78 Å². The Labute approximate surface area is 102 Å². The topological polar surface area (TPSA) is 92.9 Å². The summed E-state index contributed by atoms with van der Waals surface area (Å²) in [6, 6.07) is 6.57. The number of urea groups is 1. The van der Waals surface area contributed by atoms with Crippen molar-refractivity contribution in [2.75, 3.05) is 16.4 Å². The number of amides is 2. The number of anilines is 3. The van der Waals surface area contributed by atoms with E-state index in [0.29, 0.717) is 22.3 Å². The highest BCUT2D eigenvalue weighted by atomic mass is 32.1. The molecule has 0 unspecified atom stereocenters. The normalized spacial score (nSPS) is 9.94. The second-order valence-corrected chi connectivity index (χ2v) is 4.10. The van der Waals surface area contributed by atoms with E-state index in [1.54, 1.807) is 31.2 Å². The van der Waals surface area contributed by atoms with Crippen LogP contribution >= 0.6 is 11.5 Å². The van der Waals surface area contributed by atoms with Gasteiger partial charge in [0.1, 0.15) is 5.82 Å². The highest BCUT2D eigenvalue weighted by Gasteiger charge is 2.06. The molecule has 1 aromatic carbocycles. The summed E-state index contributed by atoms with van der Waals surface area (Å²) in [5, 5.41) is 5.70. The van der Waals surface area contributed by atoms with Gasteiger partial charge in [-0.2, -0.15) is 4.37 Å². The molecule has 4 N–H and O–H groups in total. The number of nitrogens with zero attached hydrogens (tertiary/aromatic N) is 2. The second kappa shape index (κ2) is 4.79. The van der Waals surface area contributed by atoms with Crippen molar-refractivity contribution in [2.45, 2.75) is 6.92 Å². The van der Waals surface area contributed by atoms with Gasteiger partial charge in [0.2, 0.25) is 5.13 Å². The Morgan fingerprint density at radius 3 is 2.88 bits per heavy atom. The minimum atomic E-state index is -0.369. The van der Waals surface area contributed by atoms with Gasteiger partial charge in [-0.3, -0.25) is 5.32 Å². The fraction of sp³-hybridized carbons (Fsp3) is 0.100. The zero-order valence-electron chi connectivity index (χ0n) is 9.10. The fourth-order valence-electron chi connectivity index (χ4n) is 1.22.